The van der Waals surface area contributed by atoms with Gasteiger partial charge in [0.25, 0.3) is 8.32 Å². The summed E-state index contributed by atoms with van der Waals surface area (Å²) in [7, 11) is -2.69. The van der Waals surface area contributed by atoms with Crippen LogP contribution in [-0.4, -0.2) is 26.6 Å². The number of hydrogen-bond donors (Lipinski definition) is 1. The highest BCUT2D eigenvalue weighted by molar-refractivity contribution is 6.99. The van der Waals surface area contributed by atoms with Gasteiger partial charge < -0.3 is 9.53 Å². The molecule has 0 spiro atoms. The first kappa shape index (κ1) is 19.6. The Hall–Kier alpha value is -1.75. The molecule has 0 fully saturated rings. The second kappa shape index (κ2) is 8.56. The fraction of sp³-hybridized carbons (Fsp3) is 0.333. The molecule has 0 unspecified atom stereocenters. The van der Waals surface area contributed by atoms with E-state index in [9.17, 15) is 4.39 Å². The summed E-state index contributed by atoms with van der Waals surface area (Å²) >= 11 is 0. The largest absolute Gasteiger partial charge is 0.401 e. The maximum Gasteiger partial charge on any atom is 0.261 e. The normalized spacial score (nSPS) is 13.1. The molecule has 0 saturated heterocycles. The summed E-state index contributed by atoms with van der Waals surface area (Å²) in [5, 5.41) is 11.0. The zero-order valence-electron chi connectivity index (χ0n) is 15.2. The summed E-state index contributed by atoms with van der Waals surface area (Å²) < 4.78 is 20.6. The zero-order valence-corrected chi connectivity index (χ0v) is 16.2. The number of aliphatic hydroxyl groups excluding tert-OH is 1. The molecule has 0 amide bonds. The SMILES string of the molecule is CC(C)(C)[Si](OCC(F)=CCCO)(c1ccccc1)c1ccccc1. The Labute approximate surface area is 151 Å². The number of rotatable bonds is 7. The molecule has 4 heteroatoms. The van der Waals surface area contributed by atoms with Crippen molar-refractivity contribution in [1.29, 1.82) is 0 Å². The lowest BCUT2D eigenvalue weighted by atomic mass is 10.2. The maximum absolute atomic E-state index is 14.2. The first-order valence-corrected chi connectivity index (χ1v) is 10.5. The second-order valence-electron chi connectivity index (χ2n) is 7.12. The average molecular weight is 359 g/mol. The van der Waals surface area contributed by atoms with Crippen molar-refractivity contribution in [3.63, 3.8) is 0 Å². The van der Waals surface area contributed by atoms with Gasteiger partial charge in [-0.2, -0.15) is 0 Å². The molecule has 0 aromatic heterocycles. The Kier molecular flexibility index (Phi) is 6.70. The van der Waals surface area contributed by atoms with E-state index in [0.29, 0.717) is 6.42 Å². The van der Waals surface area contributed by atoms with Crippen LogP contribution in [0.15, 0.2) is 72.6 Å². The van der Waals surface area contributed by atoms with Gasteiger partial charge in [0.2, 0.25) is 0 Å². The molecule has 0 aliphatic rings. The standard InChI is InChI=1S/C21H27FO2Si/c1-21(2,3)25(19-12-6-4-7-13-19,20-14-8-5-9-15-20)24-17-18(22)11-10-16-23/h4-9,11-15,23H,10,16-17H2,1-3H3. The molecule has 134 valence electrons. The summed E-state index contributed by atoms with van der Waals surface area (Å²) in [5.74, 6) is -0.331. The van der Waals surface area contributed by atoms with Crippen LogP contribution in [0.25, 0.3) is 0 Å². The van der Waals surface area contributed by atoms with E-state index in [1.54, 1.807) is 0 Å². The number of halogens is 1. The Morgan fingerprint density at radius 1 is 1.00 bits per heavy atom. The van der Waals surface area contributed by atoms with E-state index in [0.717, 1.165) is 10.4 Å². The Balaban J connectivity index is 2.53. The minimum atomic E-state index is -2.69. The number of aliphatic hydroxyl groups is 1. The molecule has 0 atom stereocenters. The van der Waals surface area contributed by atoms with E-state index in [-0.39, 0.29) is 24.1 Å². The minimum Gasteiger partial charge on any atom is -0.401 e. The van der Waals surface area contributed by atoms with Crippen molar-refractivity contribution >= 4 is 18.7 Å². The topological polar surface area (TPSA) is 29.5 Å². The molecule has 1 N–H and O–H groups in total. The van der Waals surface area contributed by atoms with Crippen LogP contribution in [0.4, 0.5) is 4.39 Å². The van der Waals surface area contributed by atoms with E-state index < -0.39 is 8.32 Å². The van der Waals surface area contributed by atoms with Gasteiger partial charge >= 0.3 is 0 Å². The van der Waals surface area contributed by atoms with Crippen molar-refractivity contribution in [1.82, 2.24) is 0 Å². The van der Waals surface area contributed by atoms with Gasteiger partial charge in [0, 0.05) is 6.61 Å². The van der Waals surface area contributed by atoms with Gasteiger partial charge in [-0.1, -0.05) is 81.4 Å². The third kappa shape index (κ3) is 4.45. The molecule has 2 aromatic carbocycles. The van der Waals surface area contributed by atoms with Crippen molar-refractivity contribution < 1.29 is 13.9 Å². The van der Waals surface area contributed by atoms with Crippen LogP contribution in [-0.2, 0) is 4.43 Å². The highest BCUT2D eigenvalue weighted by atomic mass is 28.4. The van der Waals surface area contributed by atoms with Crippen LogP contribution < -0.4 is 10.4 Å². The smallest absolute Gasteiger partial charge is 0.261 e. The van der Waals surface area contributed by atoms with Gasteiger partial charge in [0.05, 0.1) is 6.61 Å². The molecule has 0 aliphatic heterocycles. The minimum absolute atomic E-state index is 0.0629. The lowest BCUT2D eigenvalue weighted by Gasteiger charge is -2.42. The predicted molar refractivity (Wildman–Crippen MR) is 104 cm³/mol. The summed E-state index contributed by atoms with van der Waals surface area (Å²) in [6, 6.07) is 20.3. The van der Waals surface area contributed by atoms with Gasteiger partial charge in [-0.05, 0) is 27.9 Å². The van der Waals surface area contributed by atoms with Crippen LogP contribution in [0.5, 0.6) is 0 Å². The number of benzene rings is 2. The highest BCUT2D eigenvalue weighted by Crippen LogP contribution is 2.37. The maximum atomic E-state index is 14.2. The fourth-order valence-corrected chi connectivity index (χ4v) is 7.73. The molecule has 25 heavy (non-hydrogen) atoms. The lowest BCUT2D eigenvalue weighted by Crippen LogP contribution is -2.66. The first-order valence-electron chi connectivity index (χ1n) is 8.62. The molecule has 2 aromatic rings. The van der Waals surface area contributed by atoms with Gasteiger partial charge in [-0.25, -0.2) is 4.39 Å². The van der Waals surface area contributed by atoms with E-state index in [2.05, 4.69) is 45.0 Å². The molecular formula is C21H27FO2Si. The van der Waals surface area contributed by atoms with Crippen LogP contribution in [0.2, 0.25) is 5.04 Å². The van der Waals surface area contributed by atoms with Gasteiger partial charge in [-0.3, -0.25) is 0 Å². The molecule has 0 heterocycles. The second-order valence-corrected chi connectivity index (χ2v) is 11.4. The molecule has 0 radical (unpaired) electrons. The predicted octanol–water partition coefficient (Wildman–Crippen LogP) is 3.80. The van der Waals surface area contributed by atoms with Crippen LogP contribution in [0, 0.1) is 0 Å². The van der Waals surface area contributed by atoms with Gasteiger partial charge in [-0.15, -0.1) is 0 Å². The highest BCUT2D eigenvalue weighted by Gasteiger charge is 2.50. The molecule has 2 rings (SSSR count). The van der Waals surface area contributed by atoms with Crippen LogP contribution in [0.3, 0.4) is 0 Å². The third-order valence-corrected chi connectivity index (χ3v) is 9.32. The molecule has 0 bridgehead atoms. The Bertz CT molecular complexity index is 639. The summed E-state index contributed by atoms with van der Waals surface area (Å²) in [4.78, 5) is 0. The number of hydrogen-bond acceptors (Lipinski definition) is 2. The summed E-state index contributed by atoms with van der Waals surface area (Å²) in [5.41, 5.74) is 0. The average Bonchev–Trinajstić information content (AvgIpc) is 2.61. The zero-order chi connectivity index (χ0) is 18.3. The van der Waals surface area contributed by atoms with Crippen molar-refractivity contribution in [2.24, 2.45) is 0 Å². The van der Waals surface area contributed by atoms with Crippen LogP contribution >= 0.6 is 0 Å². The Morgan fingerprint density at radius 3 is 1.88 bits per heavy atom. The fourth-order valence-electron chi connectivity index (χ4n) is 3.22. The van der Waals surface area contributed by atoms with Crippen molar-refractivity contribution in [2.45, 2.75) is 32.2 Å². The van der Waals surface area contributed by atoms with E-state index in [1.165, 1.54) is 6.08 Å². The molecular weight excluding hydrogens is 331 g/mol. The van der Waals surface area contributed by atoms with E-state index >= 15 is 0 Å². The summed E-state index contributed by atoms with van der Waals surface area (Å²) in [6.45, 7) is 6.34. The molecule has 0 saturated carbocycles. The lowest BCUT2D eigenvalue weighted by molar-refractivity contribution is 0.289. The molecule has 2 nitrogen and oxygen atoms in total. The van der Waals surface area contributed by atoms with Crippen molar-refractivity contribution in [3.8, 4) is 0 Å². The third-order valence-electron chi connectivity index (χ3n) is 4.34. The quantitative estimate of drug-likeness (QED) is 0.763. The summed E-state index contributed by atoms with van der Waals surface area (Å²) in [6.07, 6.45) is 1.70. The first-order chi connectivity index (χ1) is 11.9. The van der Waals surface area contributed by atoms with Crippen molar-refractivity contribution in [3.05, 3.63) is 72.6 Å². The molecule has 0 aliphatic carbocycles. The van der Waals surface area contributed by atoms with E-state index in [4.69, 9.17) is 9.53 Å². The monoisotopic (exact) mass is 358 g/mol. The van der Waals surface area contributed by atoms with E-state index in [1.807, 2.05) is 36.4 Å². The van der Waals surface area contributed by atoms with Crippen molar-refractivity contribution in [2.75, 3.05) is 13.2 Å². The van der Waals surface area contributed by atoms with Gasteiger partial charge in [0.15, 0.2) is 0 Å². The van der Waals surface area contributed by atoms with Crippen LogP contribution in [0.1, 0.15) is 27.2 Å². The van der Waals surface area contributed by atoms with Gasteiger partial charge in [0.1, 0.15) is 5.83 Å². The Morgan fingerprint density at radius 2 is 1.48 bits per heavy atom.